The monoisotopic (exact) mass is 264 g/mol. The van der Waals surface area contributed by atoms with Gasteiger partial charge in [-0.2, -0.15) is 0 Å². The second kappa shape index (κ2) is 6.06. The van der Waals surface area contributed by atoms with Gasteiger partial charge in [-0.25, -0.2) is 0 Å². The van der Waals surface area contributed by atoms with Crippen molar-refractivity contribution in [3.05, 3.63) is 29.3 Å². The molecule has 0 radical (unpaired) electrons. The first-order valence-electron chi connectivity index (χ1n) is 6.51. The van der Waals surface area contributed by atoms with E-state index in [1.54, 1.807) is 18.0 Å². The van der Waals surface area contributed by atoms with E-state index in [0.717, 1.165) is 12.1 Å². The van der Waals surface area contributed by atoms with Crippen LogP contribution in [0.1, 0.15) is 36.7 Å². The fourth-order valence-corrected chi connectivity index (χ4v) is 1.91. The lowest BCUT2D eigenvalue weighted by Crippen LogP contribution is -2.33. The number of nitrogens with zero attached hydrogens (tertiary/aromatic N) is 1. The number of carbonyl (C=O) groups excluding carboxylic acids is 1. The van der Waals surface area contributed by atoms with E-state index in [1.165, 1.54) is 0 Å². The third-order valence-corrected chi connectivity index (χ3v) is 3.12. The summed E-state index contributed by atoms with van der Waals surface area (Å²) in [5.74, 6) is -0.0600. The summed E-state index contributed by atoms with van der Waals surface area (Å²) in [7, 11) is 3.58. The van der Waals surface area contributed by atoms with Gasteiger partial charge in [0.1, 0.15) is 5.75 Å². The summed E-state index contributed by atoms with van der Waals surface area (Å²) in [5.41, 5.74) is 0.968. The minimum atomic E-state index is -0.191. The molecule has 1 rings (SSSR count). The summed E-state index contributed by atoms with van der Waals surface area (Å²) in [6, 6.07) is 5.35. The van der Waals surface area contributed by atoms with E-state index in [1.807, 2.05) is 40.0 Å². The molecular weight excluding hydrogens is 240 g/mol. The van der Waals surface area contributed by atoms with E-state index in [0.29, 0.717) is 12.1 Å². The zero-order chi connectivity index (χ0) is 14.6. The van der Waals surface area contributed by atoms with Crippen LogP contribution in [0.25, 0.3) is 0 Å². The van der Waals surface area contributed by atoms with E-state index in [4.69, 9.17) is 0 Å². The number of benzene rings is 1. The number of carbonyl (C=O) groups is 1. The second-order valence-electron chi connectivity index (χ2n) is 5.78. The van der Waals surface area contributed by atoms with E-state index in [9.17, 15) is 9.90 Å². The van der Waals surface area contributed by atoms with Gasteiger partial charge in [-0.05, 0) is 18.5 Å². The summed E-state index contributed by atoms with van der Waals surface area (Å²) < 4.78 is 0. The molecule has 0 unspecified atom stereocenters. The van der Waals surface area contributed by atoms with Crippen LogP contribution in [-0.4, -0.2) is 43.1 Å². The van der Waals surface area contributed by atoms with Crippen molar-refractivity contribution in [3.8, 4) is 5.75 Å². The van der Waals surface area contributed by atoms with Crippen LogP contribution in [0.2, 0.25) is 0 Å². The van der Waals surface area contributed by atoms with Crippen LogP contribution >= 0.6 is 0 Å². The first-order chi connectivity index (χ1) is 8.79. The van der Waals surface area contributed by atoms with Gasteiger partial charge in [0.25, 0.3) is 5.91 Å². The van der Waals surface area contributed by atoms with Gasteiger partial charge in [0.15, 0.2) is 0 Å². The van der Waals surface area contributed by atoms with Gasteiger partial charge in [-0.15, -0.1) is 0 Å². The van der Waals surface area contributed by atoms with Gasteiger partial charge in [-0.1, -0.05) is 32.9 Å². The number of amides is 1. The molecule has 1 aromatic carbocycles. The number of aromatic hydroxyl groups is 1. The fraction of sp³-hybridized carbons (Fsp3) is 0.533. The Morgan fingerprint density at radius 1 is 1.37 bits per heavy atom. The van der Waals surface area contributed by atoms with Crippen molar-refractivity contribution in [1.82, 2.24) is 10.2 Å². The van der Waals surface area contributed by atoms with Crippen molar-refractivity contribution in [2.24, 2.45) is 0 Å². The molecule has 4 nitrogen and oxygen atoms in total. The zero-order valence-electron chi connectivity index (χ0n) is 12.4. The van der Waals surface area contributed by atoms with Crippen LogP contribution in [0, 0.1) is 0 Å². The first kappa shape index (κ1) is 15.5. The SMILES string of the molecule is CNCCN(C)C(=O)c1cccc(C(C)(C)C)c1O. The Hall–Kier alpha value is -1.55. The van der Waals surface area contributed by atoms with Gasteiger partial charge in [0.2, 0.25) is 0 Å². The quantitative estimate of drug-likeness (QED) is 0.874. The molecule has 0 aromatic heterocycles. The van der Waals surface area contributed by atoms with Crippen molar-refractivity contribution in [2.75, 3.05) is 27.2 Å². The summed E-state index contributed by atoms with van der Waals surface area (Å²) in [6.45, 7) is 7.37. The standard InChI is InChI=1S/C15H24N2O2/c1-15(2,3)12-8-6-7-11(13(12)18)14(19)17(5)10-9-16-4/h6-8,16,18H,9-10H2,1-5H3. The molecule has 0 saturated heterocycles. The van der Waals surface area contributed by atoms with Crippen LogP contribution in [0.3, 0.4) is 0 Å². The van der Waals surface area contributed by atoms with Crippen LogP contribution < -0.4 is 5.32 Å². The Morgan fingerprint density at radius 2 is 2.00 bits per heavy atom. The van der Waals surface area contributed by atoms with Crippen molar-refractivity contribution in [2.45, 2.75) is 26.2 Å². The number of nitrogens with one attached hydrogen (secondary N) is 1. The predicted octanol–water partition coefficient (Wildman–Crippen LogP) is 1.98. The highest BCUT2D eigenvalue weighted by Gasteiger charge is 2.23. The average Bonchev–Trinajstić information content (AvgIpc) is 2.34. The first-order valence-corrected chi connectivity index (χ1v) is 6.51. The van der Waals surface area contributed by atoms with Crippen LogP contribution in [-0.2, 0) is 5.41 Å². The van der Waals surface area contributed by atoms with E-state index < -0.39 is 0 Å². The van der Waals surface area contributed by atoms with Crippen molar-refractivity contribution >= 4 is 5.91 Å². The van der Waals surface area contributed by atoms with Crippen molar-refractivity contribution in [1.29, 1.82) is 0 Å². The predicted molar refractivity (Wildman–Crippen MR) is 77.7 cm³/mol. The Morgan fingerprint density at radius 3 is 2.53 bits per heavy atom. The molecule has 0 atom stereocenters. The Bertz CT molecular complexity index is 450. The summed E-state index contributed by atoms with van der Waals surface area (Å²) in [6.07, 6.45) is 0. The van der Waals surface area contributed by atoms with Crippen LogP contribution in [0.4, 0.5) is 0 Å². The smallest absolute Gasteiger partial charge is 0.257 e. The summed E-state index contributed by atoms with van der Waals surface area (Å²) in [5, 5.41) is 13.3. The highest BCUT2D eigenvalue weighted by Crippen LogP contribution is 2.33. The Labute approximate surface area is 115 Å². The van der Waals surface area contributed by atoms with E-state index >= 15 is 0 Å². The largest absolute Gasteiger partial charge is 0.507 e. The molecule has 0 saturated carbocycles. The molecule has 0 aliphatic heterocycles. The normalized spacial score (nSPS) is 11.4. The van der Waals surface area contributed by atoms with E-state index in [2.05, 4.69) is 5.32 Å². The number of phenolic OH excluding ortho intramolecular Hbond substituents is 1. The Balaban J connectivity index is 3.05. The third kappa shape index (κ3) is 3.70. The number of phenols is 1. The molecule has 0 heterocycles. The molecule has 0 fully saturated rings. The van der Waals surface area contributed by atoms with Gasteiger partial charge < -0.3 is 15.3 Å². The number of para-hydroxylation sites is 1. The molecular formula is C15H24N2O2. The maximum Gasteiger partial charge on any atom is 0.257 e. The van der Waals surface area contributed by atoms with Gasteiger partial charge in [-0.3, -0.25) is 4.79 Å². The molecule has 106 valence electrons. The lowest BCUT2D eigenvalue weighted by molar-refractivity contribution is 0.0793. The minimum Gasteiger partial charge on any atom is -0.507 e. The van der Waals surface area contributed by atoms with Crippen LogP contribution in [0.5, 0.6) is 5.75 Å². The molecule has 0 spiro atoms. The van der Waals surface area contributed by atoms with Gasteiger partial charge in [0, 0.05) is 25.7 Å². The maximum atomic E-state index is 12.3. The third-order valence-electron chi connectivity index (χ3n) is 3.12. The maximum absolute atomic E-state index is 12.3. The summed E-state index contributed by atoms with van der Waals surface area (Å²) >= 11 is 0. The molecule has 1 amide bonds. The number of likely N-dealkylation sites (N-methyl/N-ethyl adjacent to an activating group) is 2. The van der Waals surface area contributed by atoms with Gasteiger partial charge in [0.05, 0.1) is 5.56 Å². The number of rotatable bonds is 4. The molecule has 2 N–H and O–H groups in total. The highest BCUT2D eigenvalue weighted by atomic mass is 16.3. The zero-order valence-corrected chi connectivity index (χ0v) is 12.4. The van der Waals surface area contributed by atoms with E-state index in [-0.39, 0.29) is 17.1 Å². The summed E-state index contributed by atoms with van der Waals surface area (Å²) in [4.78, 5) is 13.9. The van der Waals surface area contributed by atoms with Crippen LogP contribution in [0.15, 0.2) is 18.2 Å². The Kier molecular flexibility index (Phi) is 4.95. The lowest BCUT2D eigenvalue weighted by atomic mass is 9.85. The second-order valence-corrected chi connectivity index (χ2v) is 5.78. The minimum absolute atomic E-state index is 0.0938. The molecule has 1 aromatic rings. The molecule has 0 aliphatic rings. The van der Waals surface area contributed by atoms with Crippen molar-refractivity contribution in [3.63, 3.8) is 0 Å². The highest BCUT2D eigenvalue weighted by molar-refractivity contribution is 5.97. The molecule has 19 heavy (non-hydrogen) atoms. The average molecular weight is 264 g/mol. The number of hydrogen-bond donors (Lipinski definition) is 2. The number of hydrogen-bond acceptors (Lipinski definition) is 3. The topological polar surface area (TPSA) is 52.6 Å². The molecule has 4 heteroatoms. The fourth-order valence-electron chi connectivity index (χ4n) is 1.91. The van der Waals surface area contributed by atoms with Gasteiger partial charge >= 0.3 is 0 Å². The van der Waals surface area contributed by atoms with Crippen molar-refractivity contribution < 1.29 is 9.90 Å². The lowest BCUT2D eigenvalue weighted by Gasteiger charge is -2.23. The molecule has 0 aliphatic carbocycles. The molecule has 0 bridgehead atoms.